The highest BCUT2D eigenvalue weighted by Crippen LogP contribution is 2.19. The summed E-state index contributed by atoms with van der Waals surface area (Å²) >= 11 is 0. The van der Waals surface area contributed by atoms with Crippen molar-refractivity contribution in [1.82, 2.24) is 9.29 Å². The summed E-state index contributed by atoms with van der Waals surface area (Å²) in [4.78, 5) is 3.57. The van der Waals surface area contributed by atoms with E-state index in [0.29, 0.717) is 0 Å². The van der Waals surface area contributed by atoms with Crippen LogP contribution in [-0.2, 0) is 10.0 Å². The summed E-state index contributed by atoms with van der Waals surface area (Å²) in [5, 5.41) is 17.6. The third-order valence-corrected chi connectivity index (χ3v) is 4.06. The van der Waals surface area contributed by atoms with Crippen molar-refractivity contribution >= 4 is 15.8 Å². The first-order valence-corrected chi connectivity index (χ1v) is 6.40. The van der Waals surface area contributed by atoms with Crippen molar-refractivity contribution in [2.24, 2.45) is 0 Å². The molecule has 0 saturated heterocycles. The number of nitrogens with two attached hydrogens (primary N) is 1. The molecule has 17 heavy (non-hydrogen) atoms. The van der Waals surface area contributed by atoms with Gasteiger partial charge in [-0.25, -0.2) is 13.4 Å². The molecule has 0 aliphatic heterocycles. The van der Waals surface area contributed by atoms with Crippen molar-refractivity contribution in [3.8, 4) is 0 Å². The average molecular weight is 261 g/mol. The Morgan fingerprint density at radius 1 is 1.29 bits per heavy atom. The highest BCUT2D eigenvalue weighted by molar-refractivity contribution is 7.89. The molecule has 0 aliphatic carbocycles. The van der Waals surface area contributed by atoms with Gasteiger partial charge in [0.05, 0.1) is 13.2 Å². The molecule has 1 aromatic heterocycles. The average Bonchev–Trinajstić information content (AvgIpc) is 2.29. The van der Waals surface area contributed by atoms with Crippen LogP contribution in [0.1, 0.15) is 0 Å². The van der Waals surface area contributed by atoms with Gasteiger partial charge in [-0.15, -0.1) is 0 Å². The Morgan fingerprint density at radius 3 is 2.35 bits per heavy atom. The topological polar surface area (TPSA) is 117 Å². The maximum absolute atomic E-state index is 12.1. The molecule has 0 spiro atoms. The zero-order chi connectivity index (χ0) is 12.9. The molecule has 8 heteroatoms. The number of anilines is 1. The van der Waals surface area contributed by atoms with Gasteiger partial charge in [-0.1, -0.05) is 0 Å². The molecular weight excluding hydrogens is 246 g/mol. The third kappa shape index (κ3) is 3.13. The van der Waals surface area contributed by atoms with Crippen molar-refractivity contribution in [2.45, 2.75) is 4.90 Å². The molecule has 7 nitrogen and oxygen atoms in total. The van der Waals surface area contributed by atoms with E-state index < -0.39 is 10.0 Å². The summed E-state index contributed by atoms with van der Waals surface area (Å²) in [7, 11) is -3.83. The molecule has 96 valence electrons. The second-order valence-electron chi connectivity index (χ2n) is 3.24. The van der Waals surface area contributed by atoms with E-state index >= 15 is 0 Å². The molecule has 1 heterocycles. The summed E-state index contributed by atoms with van der Waals surface area (Å²) in [5.41, 5.74) is 5.49. The number of nitrogen functional groups attached to an aromatic ring is 1. The minimum absolute atomic E-state index is 0.1000. The lowest BCUT2D eigenvalue weighted by atomic mass is 10.5. The van der Waals surface area contributed by atoms with E-state index in [4.69, 9.17) is 15.9 Å². The van der Waals surface area contributed by atoms with Crippen molar-refractivity contribution in [1.29, 1.82) is 0 Å². The van der Waals surface area contributed by atoms with Crippen LogP contribution in [0, 0.1) is 0 Å². The molecule has 0 aliphatic rings. The van der Waals surface area contributed by atoms with Crippen molar-refractivity contribution in [3.05, 3.63) is 18.3 Å². The second-order valence-corrected chi connectivity index (χ2v) is 5.14. The van der Waals surface area contributed by atoms with Crippen LogP contribution in [-0.4, -0.2) is 54.2 Å². The lowest BCUT2D eigenvalue weighted by molar-refractivity contribution is 0.217. The summed E-state index contributed by atoms with van der Waals surface area (Å²) in [6.45, 7) is -0.868. The van der Waals surface area contributed by atoms with Gasteiger partial charge < -0.3 is 15.9 Å². The molecule has 1 rings (SSSR count). The van der Waals surface area contributed by atoms with E-state index in [1.165, 1.54) is 18.3 Å². The third-order valence-electron chi connectivity index (χ3n) is 2.12. The quantitative estimate of drug-likeness (QED) is 0.582. The molecule has 4 N–H and O–H groups in total. The van der Waals surface area contributed by atoms with Gasteiger partial charge >= 0.3 is 0 Å². The van der Waals surface area contributed by atoms with Crippen molar-refractivity contribution in [2.75, 3.05) is 32.0 Å². The molecule has 0 radical (unpaired) electrons. The molecule has 1 aromatic rings. The SMILES string of the molecule is Nc1ncccc1S(=O)(=O)N(CCO)CCO. The number of nitrogens with zero attached hydrogens (tertiary/aromatic N) is 2. The van der Waals surface area contributed by atoms with Crippen LogP contribution in [0.4, 0.5) is 5.82 Å². The van der Waals surface area contributed by atoms with E-state index in [-0.39, 0.29) is 37.0 Å². The van der Waals surface area contributed by atoms with Gasteiger partial charge in [0.1, 0.15) is 10.7 Å². The van der Waals surface area contributed by atoms with Gasteiger partial charge in [0.2, 0.25) is 10.0 Å². The fourth-order valence-electron chi connectivity index (χ4n) is 1.34. The Labute approximate surface area is 99.6 Å². The van der Waals surface area contributed by atoms with Crippen LogP contribution in [0.2, 0.25) is 0 Å². The Bertz CT molecular complexity index is 457. The zero-order valence-corrected chi connectivity index (χ0v) is 9.97. The van der Waals surface area contributed by atoms with Crippen LogP contribution >= 0.6 is 0 Å². The van der Waals surface area contributed by atoms with E-state index in [2.05, 4.69) is 4.98 Å². The number of aliphatic hydroxyl groups excluding tert-OH is 2. The molecule has 0 saturated carbocycles. The minimum atomic E-state index is -3.83. The minimum Gasteiger partial charge on any atom is -0.395 e. The Kier molecular flexibility index (Phi) is 4.82. The summed E-state index contributed by atoms with van der Waals surface area (Å²) in [6, 6.07) is 2.79. The lowest BCUT2D eigenvalue weighted by Crippen LogP contribution is -2.36. The van der Waals surface area contributed by atoms with Gasteiger partial charge in [0.15, 0.2) is 0 Å². The number of hydrogen-bond acceptors (Lipinski definition) is 6. The molecule has 0 aromatic carbocycles. The predicted octanol–water partition coefficient (Wildman–Crippen LogP) is -1.36. The van der Waals surface area contributed by atoms with E-state index in [0.717, 1.165) is 4.31 Å². The van der Waals surface area contributed by atoms with Crippen LogP contribution in [0.15, 0.2) is 23.2 Å². The Hall–Kier alpha value is -1.22. The van der Waals surface area contributed by atoms with Gasteiger partial charge in [-0.05, 0) is 12.1 Å². The normalized spacial score (nSPS) is 11.9. The first-order valence-electron chi connectivity index (χ1n) is 4.96. The van der Waals surface area contributed by atoms with E-state index in [9.17, 15) is 8.42 Å². The van der Waals surface area contributed by atoms with Crippen molar-refractivity contribution in [3.63, 3.8) is 0 Å². The standard InChI is InChI=1S/C9H15N3O4S/c10-9-8(2-1-3-11-9)17(15,16)12(4-6-13)5-7-14/h1-3,13-14H,4-7H2,(H2,10,11). The smallest absolute Gasteiger partial charge is 0.246 e. The zero-order valence-electron chi connectivity index (χ0n) is 9.15. The number of aromatic nitrogens is 1. The van der Waals surface area contributed by atoms with Gasteiger partial charge in [-0.2, -0.15) is 4.31 Å². The van der Waals surface area contributed by atoms with Gasteiger partial charge in [-0.3, -0.25) is 0 Å². The largest absolute Gasteiger partial charge is 0.395 e. The first kappa shape index (κ1) is 13.8. The fourth-order valence-corrected chi connectivity index (χ4v) is 2.82. The number of sulfonamides is 1. The Balaban J connectivity index is 3.12. The van der Waals surface area contributed by atoms with Gasteiger partial charge in [0.25, 0.3) is 0 Å². The Morgan fingerprint density at radius 2 is 1.88 bits per heavy atom. The molecular formula is C9H15N3O4S. The summed E-state index contributed by atoms with van der Waals surface area (Å²) < 4.78 is 25.2. The molecule has 0 unspecified atom stereocenters. The monoisotopic (exact) mass is 261 g/mol. The summed E-state index contributed by atoms with van der Waals surface area (Å²) in [6.07, 6.45) is 1.39. The molecule has 0 fully saturated rings. The van der Waals surface area contributed by atoms with Gasteiger partial charge in [0, 0.05) is 19.3 Å². The summed E-state index contributed by atoms with van der Waals surface area (Å²) in [5.74, 6) is -0.103. The van der Waals surface area contributed by atoms with Crippen LogP contribution in [0.3, 0.4) is 0 Å². The first-order chi connectivity index (χ1) is 8.04. The molecule has 0 bridgehead atoms. The fraction of sp³-hybridized carbons (Fsp3) is 0.444. The van der Waals surface area contributed by atoms with Crippen LogP contribution < -0.4 is 5.73 Å². The number of aliphatic hydroxyl groups is 2. The predicted molar refractivity (Wildman–Crippen MR) is 61.6 cm³/mol. The molecule has 0 amide bonds. The highest BCUT2D eigenvalue weighted by atomic mass is 32.2. The maximum atomic E-state index is 12.1. The van der Waals surface area contributed by atoms with Crippen LogP contribution in [0.25, 0.3) is 0 Å². The van der Waals surface area contributed by atoms with Crippen LogP contribution in [0.5, 0.6) is 0 Å². The second kappa shape index (κ2) is 5.92. The van der Waals surface area contributed by atoms with E-state index in [1.54, 1.807) is 0 Å². The van der Waals surface area contributed by atoms with E-state index in [1.807, 2.05) is 0 Å². The number of rotatable bonds is 6. The number of pyridine rings is 1. The number of hydrogen-bond donors (Lipinski definition) is 3. The van der Waals surface area contributed by atoms with Crippen molar-refractivity contribution < 1.29 is 18.6 Å². The highest BCUT2D eigenvalue weighted by Gasteiger charge is 2.25. The maximum Gasteiger partial charge on any atom is 0.246 e. The lowest BCUT2D eigenvalue weighted by Gasteiger charge is -2.20. The molecule has 0 atom stereocenters.